The van der Waals surface area contributed by atoms with Gasteiger partial charge in [0.2, 0.25) is 0 Å². The molecule has 0 aliphatic carbocycles. The van der Waals surface area contributed by atoms with Gasteiger partial charge in [-0.25, -0.2) is 4.39 Å². The molecule has 0 aromatic heterocycles. The van der Waals surface area contributed by atoms with Crippen molar-refractivity contribution in [2.75, 3.05) is 0 Å². The summed E-state index contributed by atoms with van der Waals surface area (Å²) < 4.78 is 12.2. The van der Waals surface area contributed by atoms with Gasteiger partial charge in [0, 0.05) is 0 Å². The van der Waals surface area contributed by atoms with Crippen LogP contribution in [0.15, 0.2) is 84.9 Å². The van der Waals surface area contributed by atoms with Crippen LogP contribution in [-0.4, -0.2) is 0 Å². The zero-order chi connectivity index (χ0) is 16.2. The summed E-state index contributed by atoms with van der Waals surface area (Å²) in [5.74, 6) is -0.162. The average Bonchev–Trinajstić information content (AvgIpc) is 2.50. The third kappa shape index (κ3) is 8.70. The van der Waals surface area contributed by atoms with E-state index in [9.17, 15) is 4.39 Å². The fraction of sp³-hybridized carbons (Fsp3) is 0.143. The lowest BCUT2D eigenvalue weighted by atomic mass is 10.2. The zero-order valence-electron chi connectivity index (χ0n) is 13.5. The lowest BCUT2D eigenvalue weighted by Gasteiger charge is -1.87. The molecule has 0 amide bonds. The van der Waals surface area contributed by atoms with E-state index in [0.29, 0.717) is 0 Å². The summed E-state index contributed by atoms with van der Waals surface area (Å²) in [4.78, 5) is 0. The predicted octanol–water partition coefficient (Wildman–Crippen LogP) is 6.12. The minimum Gasteiger partial charge on any atom is -0.207 e. The Labute approximate surface area is 133 Å². The van der Waals surface area contributed by atoms with Crippen molar-refractivity contribution in [2.45, 2.75) is 20.8 Å². The molecule has 3 aromatic rings. The minimum absolute atomic E-state index is 0.162. The topological polar surface area (TPSA) is 0 Å². The third-order valence-corrected chi connectivity index (χ3v) is 2.86. The van der Waals surface area contributed by atoms with Crippen molar-refractivity contribution in [3.8, 4) is 0 Å². The largest absolute Gasteiger partial charge is 0.207 e. The Balaban J connectivity index is 0.000000166. The maximum atomic E-state index is 12.2. The van der Waals surface area contributed by atoms with E-state index in [2.05, 4.69) is 38.1 Å². The van der Waals surface area contributed by atoms with Gasteiger partial charge in [-0.1, -0.05) is 83.9 Å². The number of aryl methyl sites for hydroxylation is 3. The van der Waals surface area contributed by atoms with E-state index >= 15 is 0 Å². The molecular weight excluding hydrogens is 271 g/mol. The summed E-state index contributed by atoms with van der Waals surface area (Å²) in [6, 6.07) is 27.0. The second-order valence-electron chi connectivity index (χ2n) is 5.11. The van der Waals surface area contributed by atoms with E-state index in [0.717, 1.165) is 5.56 Å². The molecule has 0 nitrogen and oxygen atoms in total. The molecule has 0 fully saturated rings. The van der Waals surface area contributed by atoms with Gasteiger partial charge in [0.25, 0.3) is 0 Å². The summed E-state index contributed by atoms with van der Waals surface area (Å²) in [6.07, 6.45) is 0. The average molecular weight is 294 g/mol. The molecule has 22 heavy (non-hydrogen) atoms. The molecule has 0 aliphatic rings. The highest BCUT2D eigenvalue weighted by atomic mass is 19.1. The van der Waals surface area contributed by atoms with Crippen LogP contribution >= 0.6 is 0 Å². The molecule has 0 saturated carbocycles. The first kappa shape index (κ1) is 17.6. The van der Waals surface area contributed by atoms with Crippen molar-refractivity contribution in [3.63, 3.8) is 0 Å². The first-order valence-corrected chi connectivity index (χ1v) is 7.33. The Hall–Kier alpha value is -2.41. The molecule has 1 heteroatoms. The monoisotopic (exact) mass is 294 g/mol. The Bertz CT molecular complexity index is 576. The van der Waals surface area contributed by atoms with Crippen LogP contribution in [0.2, 0.25) is 0 Å². The lowest BCUT2D eigenvalue weighted by molar-refractivity contribution is 0.626. The molecular formula is C21H23F. The zero-order valence-corrected chi connectivity index (χ0v) is 13.5. The Kier molecular flexibility index (Phi) is 8.29. The van der Waals surface area contributed by atoms with Crippen molar-refractivity contribution < 1.29 is 4.39 Å². The normalized spacial score (nSPS) is 8.91. The highest BCUT2D eigenvalue weighted by Crippen LogP contribution is 1.99. The SMILES string of the molecule is Cc1cccc(F)c1.Cc1ccccc1.Cc1ccccc1. The van der Waals surface area contributed by atoms with Crippen LogP contribution in [0.3, 0.4) is 0 Å². The highest BCUT2D eigenvalue weighted by molar-refractivity contribution is 5.14. The van der Waals surface area contributed by atoms with Crippen molar-refractivity contribution in [3.05, 3.63) is 107 Å². The highest BCUT2D eigenvalue weighted by Gasteiger charge is 1.84. The van der Waals surface area contributed by atoms with Gasteiger partial charge in [-0.2, -0.15) is 0 Å². The number of halogens is 1. The molecule has 114 valence electrons. The van der Waals surface area contributed by atoms with Gasteiger partial charge in [-0.05, 0) is 38.5 Å². The lowest BCUT2D eigenvalue weighted by Crippen LogP contribution is -1.72. The smallest absolute Gasteiger partial charge is 0.123 e. The Morgan fingerprint density at radius 3 is 1.14 bits per heavy atom. The molecule has 0 N–H and O–H groups in total. The Morgan fingerprint density at radius 2 is 0.909 bits per heavy atom. The summed E-state index contributed by atoms with van der Waals surface area (Å²) in [5, 5.41) is 0. The quantitative estimate of drug-likeness (QED) is 0.468. The summed E-state index contributed by atoms with van der Waals surface area (Å²) in [5.41, 5.74) is 3.61. The molecule has 0 aliphatic heterocycles. The maximum absolute atomic E-state index is 12.2. The van der Waals surface area contributed by atoms with Gasteiger partial charge in [0.15, 0.2) is 0 Å². The van der Waals surface area contributed by atoms with Gasteiger partial charge in [0.05, 0.1) is 0 Å². The maximum Gasteiger partial charge on any atom is 0.123 e. The molecule has 0 heterocycles. The molecule has 0 bridgehead atoms. The molecule has 3 aromatic carbocycles. The third-order valence-electron chi connectivity index (χ3n) is 2.86. The second kappa shape index (κ2) is 10.3. The number of hydrogen-bond donors (Lipinski definition) is 0. The van der Waals surface area contributed by atoms with Gasteiger partial charge < -0.3 is 0 Å². The van der Waals surface area contributed by atoms with Crippen LogP contribution in [0.4, 0.5) is 4.39 Å². The van der Waals surface area contributed by atoms with Crippen LogP contribution in [0, 0.1) is 26.6 Å². The minimum atomic E-state index is -0.162. The number of benzene rings is 3. The van der Waals surface area contributed by atoms with Crippen molar-refractivity contribution in [1.29, 1.82) is 0 Å². The van der Waals surface area contributed by atoms with Crippen LogP contribution in [-0.2, 0) is 0 Å². The molecule has 0 radical (unpaired) electrons. The van der Waals surface area contributed by atoms with Crippen LogP contribution in [0.25, 0.3) is 0 Å². The summed E-state index contributed by atoms with van der Waals surface area (Å²) in [6.45, 7) is 6.03. The molecule has 0 atom stereocenters. The first-order chi connectivity index (χ1) is 10.6. The molecule has 0 saturated heterocycles. The fourth-order valence-corrected chi connectivity index (χ4v) is 1.67. The van der Waals surface area contributed by atoms with Crippen molar-refractivity contribution >= 4 is 0 Å². The van der Waals surface area contributed by atoms with Gasteiger partial charge in [0.1, 0.15) is 5.82 Å². The van der Waals surface area contributed by atoms with Gasteiger partial charge in [-0.3, -0.25) is 0 Å². The van der Waals surface area contributed by atoms with Crippen LogP contribution < -0.4 is 0 Å². The molecule has 0 spiro atoms. The van der Waals surface area contributed by atoms with E-state index in [1.54, 1.807) is 6.07 Å². The van der Waals surface area contributed by atoms with Crippen molar-refractivity contribution in [1.82, 2.24) is 0 Å². The van der Waals surface area contributed by atoms with Crippen molar-refractivity contribution in [2.24, 2.45) is 0 Å². The number of hydrogen-bond acceptors (Lipinski definition) is 0. The summed E-state index contributed by atoms with van der Waals surface area (Å²) >= 11 is 0. The van der Waals surface area contributed by atoms with E-state index in [1.165, 1.54) is 23.3 Å². The van der Waals surface area contributed by atoms with E-state index in [4.69, 9.17) is 0 Å². The predicted molar refractivity (Wildman–Crippen MR) is 93.5 cm³/mol. The van der Waals surface area contributed by atoms with E-state index in [-0.39, 0.29) is 5.82 Å². The fourth-order valence-electron chi connectivity index (χ4n) is 1.67. The van der Waals surface area contributed by atoms with Gasteiger partial charge in [-0.15, -0.1) is 0 Å². The Morgan fingerprint density at radius 1 is 0.500 bits per heavy atom. The van der Waals surface area contributed by atoms with E-state index < -0.39 is 0 Å². The van der Waals surface area contributed by atoms with Crippen LogP contribution in [0.5, 0.6) is 0 Å². The summed E-state index contributed by atoms with van der Waals surface area (Å²) in [7, 11) is 0. The van der Waals surface area contributed by atoms with Gasteiger partial charge >= 0.3 is 0 Å². The first-order valence-electron chi connectivity index (χ1n) is 7.33. The number of rotatable bonds is 0. The molecule has 0 unspecified atom stereocenters. The van der Waals surface area contributed by atoms with Crippen LogP contribution in [0.1, 0.15) is 16.7 Å². The molecule has 3 rings (SSSR count). The second-order valence-corrected chi connectivity index (χ2v) is 5.11. The van der Waals surface area contributed by atoms with E-state index in [1.807, 2.05) is 49.4 Å². The standard InChI is InChI=1S/C7H7F.2C7H8/c1-6-3-2-4-7(8)5-6;2*1-7-5-3-2-4-6-7/h2-5H,1H3;2*2-6H,1H3.